The molecule has 0 radical (unpaired) electrons. The molecule has 0 unspecified atom stereocenters. The van der Waals surface area contributed by atoms with E-state index in [-0.39, 0.29) is 0 Å². The number of carbonyl (C=O) groups excluding carboxylic acids is 2. The quantitative estimate of drug-likeness (QED) is 0.579. The normalized spacial score (nSPS) is 13.5. The fraction of sp³-hybridized carbons (Fsp3) is 0.231. The van der Waals surface area contributed by atoms with Gasteiger partial charge in [0, 0.05) is 13.0 Å². The number of amides is 1. The maximum Gasteiger partial charge on any atom is 0.299 e. The predicted octanol–water partition coefficient (Wildman–Crippen LogP) is 1.25. The fourth-order valence-corrected chi connectivity index (χ4v) is 1.80. The number of anilines is 1. The second-order valence-corrected chi connectivity index (χ2v) is 3.62. The Morgan fingerprint density at radius 3 is 2.82 bits per heavy atom. The number of methoxy groups -OCH3 is 1. The molecule has 1 aromatic rings. The summed E-state index contributed by atoms with van der Waals surface area (Å²) >= 11 is 0. The molecule has 0 fully saturated rings. The Hall–Kier alpha value is -2.28. The van der Waals surface area contributed by atoms with Gasteiger partial charge in [-0.05, 0) is 18.2 Å². The third kappa shape index (κ3) is 1.76. The van der Waals surface area contributed by atoms with Crippen molar-refractivity contribution in [2.24, 2.45) is 0 Å². The summed E-state index contributed by atoms with van der Waals surface area (Å²) in [5.74, 6) is 1.98. The Bertz CT molecular complexity index is 528. The zero-order valence-corrected chi connectivity index (χ0v) is 9.40. The lowest BCUT2D eigenvalue weighted by atomic mass is 10.1. The molecular formula is C13H11NO3. The van der Waals surface area contributed by atoms with Crippen LogP contribution in [0.2, 0.25) is 0 Å². The highest BCUT2D eigenvalue weighted by atomic mass is 16.5. The van der Waals surface area contributed by atoms with Crippen molar-refractivity contribution in [3.8, 4) is 18.1 Å². The number of rotatable bonds is 3. The molecule has 1 heterocycles. The van der Waals surface area contributed by atoms with E-state index >= 15 is 0 Å². The Morgan fingerprint density at radius 2 is 2.18 bits per heavy atom. The highest BCUT2D eigenvalue weighted by molar-refractivity contribution is 6.52. The van der Waals surface area contributed by atoms with Gasteiger partial charge in [0.15, 0.2) is 0 Å². The van der Waals surface area contributed by atoms with Crippen molar-refractivity contribution in [1.29, 1.82) is 0 Å². The van der Waals surface area contributed by atoms with Gasteiger partial charge in [-0.3, -0.25) is 9.59 Å². The third-order valence-corrected chi connectivity index (χ3v) is 2.66. The summed E-state index contributed by atoms with van der Waals surface area (Å²) < 4.78 is 5.03. The Labute approximate surface area is 99.2 Å². The lowest BCUT2D eigenvalue weighted by Gasteiger charge is -2.14. The van der Waals surface area contributed by atoms with Crippen LogP contribution in [0.3, 0.4) is 0 Å². The summed E-state index contributed by atoms with van der Waals surface area (Å²) in [6.07, 6.45) is 5.58. The van der Waals surface area contributed by atoms with E-state index in [0.717, 1.165) is 0 Å². The zero-order valence-electron chi connectivity index (χ0n) is 9.40. The van der Waals surface area contributed by atoms with Crippen molar-refractivity contribution in [1.82, 2.24) is 0 Å². The second-order valence-electron chi connectivity index (χ2n) is 3.62. The number of ketones is 1. The topological polar surface area (TPSA) is 46.6 Å². The van der Waals surface area contributed by atoms with E-state index in [9.17, 15) is 9.59 Å². The number of nitrogens with zero attached hydrogens (tertiary/aromatic N) is 1. The van der Waals surface area contributed by atoms with Gasteiger partial charge in [0.05, 0.1) is 18.4 Å². The van der Waals surface area contributed by atoms with E-state index in [0.29, 0.717) is 30.0 Å². The number of Topliss-reactive ketones (excluding diaryl/α,β-unsaturated/α-hetero) is 1. The van der Waals surface area contributed by atoms with Crippen LogP contribution in [0.25, 0.3) is 0 Å². The van der Waals surface area contributed by atoms with Gasteiger partial charge in [-0.25, -0.2) is 0 Å². The number of hydrogen-bond acceptors (Lipinski definition) is 3. The van der Waals surface area contributed by atoms with Crippen LogP contribution < -0.4 is 9.64 Å². The Kier molecular flexibility index (Phi) is 2.84. The molecule has 86 valence electrons. The molecule has 0 atom stereocenters. The first kappa shape index (κ1) is 11.2. The standard InChI is InChI=1S/C13H11NO3/c1-3-4-7-14-11-6-5-9(17-2)8-10(11)12(15)13(14)16/h1,5-6,8H,4,7H2,2H3. The fourth-order valence-electron chi connectivity index (χ4n) is 1.80. The van der Waals surface area contributed by atoms with Gasteiger partial charge in [-0.15, -0.1) is 12.3 Å². The van der Waals surface area contributed by atoms with Crippen molar-refractivity contribution in [2.75, 3.05) is 18.6 Å². The van der Waals surface area contributed by atoms with E-state index in [1.165, 1.54) is 12.0 Å². The van der Waals surface area contributed by atoms with Crippen LogP contribution in [-0.4, -0.2) is 25.3 Å². The maximum atomic E-state index is 11.7. The summed E-state index contributed by atoms with van der Waals surface area (Å²) in [6, 6.07) is 4.99. The zero-order chi connectivity index (χ0) is 12.4. The highest BCUT2D eigenvalue weighted by Crippen LogP contribution is 2.31. The second kappa shape index (κ2) is 4.30. The molecule has 0 bridgehead atoms. The van der Waals surface area contributed by atoms with Crippen molar-refractivity contribution in [3.05, 3.63) is 23.8 Å². The first-order valence-electron chi connectivity index (χ1n) is 5.16. The van der Waals surface area contributed by atoms with Gasteiger partial charge in [0.1, 0.15) is 5.75 Å². The minimum atomic E-state index is -0.525. The molecule has 1 amide bonds. The lowest BCUT2D eigenvalue weighted by Crippen LogP contribution is -2.30. The van der Waals surface area contributed by atoms with Crippen LogP contribution in [0, 0.1) is 12.3 Å². The highest BCUT2D eigenvalue weighted by Gasteiger charge is 2.35. The molecule has 0 saturated heterocycles. The van der Waals surface area contributed by atoms with E-state index in [1.807, 2.05) is 0 Å². The monoisotopic (exact) mass is 229 g/mol. The van der Waals surface area contributed by atoms with E-state index in [1.54, 1.807) is 18.2 Å². The Balaban J connectivity index is 2.41. The largest absolute Gasteiger partial charge is 0.497 e. The molecule has 0 saturated carbocycles. The molecule has 0 N–H and O–H groups in total. The number of fused-ring (bicyclic) bond motifs is 1. The SMILES string of the molecule is C#CCCN1C(=O)C(=O)c2cc(OC)ccc21. The summed E-state index contributed by atoms with van der Waals surface area (Å²) in [6.45, 7) is 0.362. The molecule has 0 spiro atoms. The summed E-state index contributed by atoms with van der Waals surface area (Å²) in [4.78, 5) is 24.9. The molecule has 0 aliphatic carbocycles. The van der Waals surface area contributed by atoms with E-state index in [4.69, 9.17) is 11.2 Å². The van der Waals surface area contributed by atoms with Crippen molar-refractivity contribution >= 4 is 17.4 Å². The Morgan fingerprint density at radius 1 is 1.41 bits per heavy atom. The average Bonchev–Trinajstić information content (AvgIpc) is 2.60. The van der Waals surface area contributed by atoms with Crippen LogP contribution >= 0.6 is 0 Å². The van der Waals surface area contributed by atoms with Crippen LogP contribution in [0.5, 0.6) is 5.75 Å². The van der Waals surface area contributed by atoms with Crippen molar-refractivity contribution in [2.45, 2.75) is 6.42 Å². The molecule has 4 nitrogen and oxygen atoms in total. The van der Waals surface area contributed by atoms with Crippen LogP contribution in [-0.2, 0) is 4.79 Å². The average molecular weight is 229 g/mol. The number of benzene rings is 1. The first-order valence-corrected chi connectivity index (χ1v) is 5.16. The molecule has 0 aromatic heterocycles. The molecular weight excluding hydrogens is 218 g/mol. The predicted molar refractivity (Wildman–Crippen MR) is 63.1 cm³/mol. The number of terminal acetylenes is 1. The van der Waals surface area contributed by atoms with Crippen LogP contribution in [0.1, 0.15) is 16.8 Å². The number of carbonyl (C=O) groups is 2. The molecule has 1 aliphatic heterocycles. The van der Waals surface area contributed by atoms with Crippen molar-refractivity contribution in [3.63, 3.8) is 0 Å². The lowest BCUT2D eigenvalue weighted by molar-refractivity contribution is -0.114. The van der Waals surface area contributed by atoms with Gasteiger partial charge in [-0.1, -0.05) is 0 Å². The molecule has 1 aromatic carbocycles. The smallest absolute Gasteiger partial charge is 0.299 e. The summed E-state index contributed by atoms with van der Waals surface area (Å²) in [7, 11) is 1.51. The van der Waals surface area contributed by atoms with Gasteiger partial charge < -0.3 is 9.64 Å². The van der Waals surface area contributed by atoms with E-state index < -0.39 is 11.7 Å². The first-order chi connectivity index (χ1) is 8.19. The summed E-state index contributed by atoms with van der Waals surface area (Å²) in [5, 5.41) is 0. The molecule has 17 heavy (non-hydrogen) atoms. The van der Waals surface area contributed by atoms with Gasteiger partial charge in [-0.2, -0.15) is 0 Å². The number of hydrogen-bond donors (Lipinski definition) is 0. The minimum Gasteiger partial charge on any atom is -0.497 e. The van der Waals surface area contributed by atoms with Crippen LogP contribution in [0.4, 0.5) is 5.69 Å². The number of ether oxygens (including phenoxy) is 1. The van der Waals surface area contributed by atoms with E-state index in [2.05, 4.69) is 5.92 Å². The molecule has 1 aliphatic rings. The van der Waals surface area contributed by atoms with Gasteiger partial charge >= 0.3 is 0 Å². The maximum absolute atomic E-state index is 11.7. The summed E-state index contributed by atoms with van der Waals surface area (Å²) in [5.41, 5.74) is 0.988. The van der Waals surface area contributed by atoms with Crippen LogP contribution in [0.15, 0.2) is 18.2 Å². The van der Waals surface area contributed by atoms with Gasteiger partial charge in [0.25, 0.3) is 11.7 Å². The minimum absolute atomic E-state index is 0.362. The van der Waals surface area contributed by atoms with Crippen molar-refractivity contribution < 1.29 is 14.3 Å². The van der Waals surface area contributed by atoms with Gasteiger partial charge in [0.2, 0.25) is 0 Å². The molecule has 2 rings (SSSR count). The third-order valence-electron chi connectivity index (χ3n) is 2.66. The molecule has 4 heteroatoms.